The van der Waals surface area contributed by atoms with Crippen LogP contribution in [0.1, 0.15) is 0 Å². The molecule has 0 rings (SSSR count). The number of hydrogen-bond donors (Lipinski definition) is 0. The Bertz CT molecular complexity index is 175. The molecule has 0 spiro atoms. The van der Waals surface area contributed by atoms with Gasteiger partial charge in [0.1, 0.15) is 0 Å². The summed E-state index contributed by atoms with van der Waals surface area (Å²) in [5.74, 6) is 0. The van der Waals surface area contributed by atoms with Crippen LogP contribution >= 0.6 is 0 Å². The second-order valence-electron chi connectivity index (χ2n) is 4.90. The molecule has 0 aromatic heterocycles. The summed E-state index contributed by atoms with van der Waals surface area (Å²) in [5, 5.41) is 0. The van der Waals surface area contributed by atoms with Crippen LogP contribution in [0.5, 0.6) is 0 Å². The van der Waals surface area contributed by atoms with Crippen molar-refractivity contribution < 1.29 is 0 Å². The molecule has 96 valence electrons. The molecule has 0 amide bonds. The molecule has 0 bridgehead atoms. The van der Waals surface area contributed by atoms with Crippen LogP contribution in [0.25, 0.3) is 0 Å². The molecule has 0 radical (unpaired) electrons. The van der Waals surface area contributed by atoms with Crippen LogP contribution in [-0.4, -0.2) is 88.1 Å². The van der Waals surface area contributed by atoms with Crippen molar-refractivity contribution >= 4 is 0 Å². The van der Waals surface area contributed by atoms with Crippen LogP contribution in [-0.2, 0) is 0 Å². The van der Waals surface area contributed by atoms with Gasteiger partial charge in [0.15, 0.2) is 0 Å². The molecule has 0 aromatic rings. The van der Waals surface area contributed by atoms with Gasteiger partial charge in [0.25, 0.3) is 0 Å². The highest BCUT2D eigenvalue weighted by Crippen LogP contribution is 1.93. The molecule has 0 fully saturated rings. The van der Waals surface area contributed by atoms with Gasteiger partial charge in [-0.2, -0.15) is 0 Å². The smallest absolute Gasteiger partial charge is 0.0301 e. The average Bonchev–Trinajstić information content (AvgIpc) is 2.15. The molecule has 0 aromatic carbocycles. The van der Waals surface area contributed by atoms with Gasteiger partial charge < -0.3 is 19.6 Å². The van der Waals surface area contributed by atoms with E-state index < -0.39 is 0 Å². The van der Waals surface area contributed by atoms with Gasteiger partial charge in [-0.05, 0) is 28.2 Å². The Morgan fingerprint density at radius 2 is 1.06 bits per heavy atom. The lowest BCUT2D eigenvalue weighted by molar-refractivity contribution is 0.273. The van der Waals surface area contributed by atoms with Gasteiger partial charge in [0.05, 0.1) is 0 Å². The average molecular weight is 228 g/mol. The maximum absolute atomic E-state index is 2.36. The predicted octanol–water partition coefficient (Wildman–Crippen LogP) is 0.444. The van der Waals surface area contributed by atoms with Crippen molar-refractivity contribution in [3.8, 4) is 0 Å². The second-order valence-corrected chi connectivity index (χ2v) is 4.90. The Hall–Kier alpha value is -0.740. The number of likely N-dealkylation sites (N-methyl/N-ethyl adjacent to an activating group) is 2. The van der Waals surface area contributed by atoms with Gasteiger partial charge in [-0.3, -0.25) is 0 Å². The van der Waals surface area contributed by atoms with Gasteiger partial charge in [0, 0.05) is 52.7 Å². The van der Waals surface area contributed by atoms with E-state index in [0.717, 1.165) is 26.2 Å². The highest BCUT2D eigenvalue weighted by Gasteiger charge is 2.01. The second kappa shape index (κ2) is 8.42. The van der Waals surface area contributed by atoms with Crippen LogP contribution in [0.3, 0.4) is 0 Å². The standard InChI is InChI=1S/C12H28N4/c1-13(2)7-10-16(11-8-14(3)4)12-9-15(5)6/h7,10H,8-9,11-12H2,1-6H3/b10-7-. The molecule has 0 aliphatic carbocycles. The molecule has 0 atom stereocenters. The van der Waals surface area contributed by atoms with E-state index in [9.17, 15) is 0 Å². The van der Waals surface area contributed by atoms with Gasteiger partial charge >= 0.3 is 0 Å². The molecule has 4 heteroatoms. The van der Waals surface area contributed by atoms with Gasteiger partial charge in [-0.15, -0.1) is 0 Å². The van der Waals surface area contributed by atoms with Gasteiger partial charge in [0.2, 0.25) is 0 Å². The minimum atomic E-state index is 1.07. The first kappa shape index (κ1) is 15.3. The molecule has 0 aliphatic heterocycles. The third kappa shape index (κ3) is 9.80. The molecule has 0 unspecified atom stereocenters. The molecular formula is C12H28N4. The predicted molar refractivity (Wildman–Crippen MR) is 71.5 cm³/mol. The van der Waals surface area contributed by atoms with Crippen molar-refractivity contribution in [1.82, 2.24) is 19.6 Å². The Labute approximate surface area is 101 Å². The van der Waals surface area contributed by atoms with Gasteiger partial charge in [-0.25, -0.2) is 0 Å². The SMILES string of the molecule is CN(C)/C=C\N(CCN(C)C)CCN(C)C. The van der Waals surface area contributed by atoms with Crippen LogP contribution < -0.4 is 0 Å². The fraction of sp³-hybridized carbons (Fsp3) is 0.833. The molecule has 0 aliphatic rings. The van der Waals surface area contributed by atoms with Crippen molar-refractivity contribution in [1.29, 1.82) is 0 Å². The normalized spacial score (nSPS) is 11.8. The molecule has 4 nitrogen and oxygen atoms in total. The largest absolute Gasteiger partial charge is 0.382 e. The zero-order chi connectivity index (χ0) is 12.6. The third-order valence-electron chi connectivity index (χ3n) is 2.24. The molecule has 0 saturated heterocycles. The van der Waals surface area contributed by atoms with E-state index in [2.05, 4.69) is 60.2 Å². The molecule has 0 saturated carbocycles. The third-order valence-corrected chi connectivity index (χ3v) is 2.24. The lowest BCUT2D eigenvalue weighted by atomic mass is 10.4. The number of nitrogens with zero attached hydrogens (tertiary/aromatic N) is 4. The first-order valence-electron chi connectivity index (χ1n) is 5.80. The molecule has 0 N–H and O–H groups in total. The Balaban J connectivity index is 4.05. The van der Waals surface area contributed by atoms with E-state index in [4.69, 9.17) is 0 Å². The lowest BCUT2D eigenvalue weighted by Gasteiger charge is -2.24. The van der Waals surface area contributed by atoms with Crippen molar-refractivity contribution in [2.75, 3.05) is 68.5 Å². The Morgan fingerprint density at radius 3 is 1.38 bits per heavy atom. The van der Waals surface area contributed by atoms with E-state index in [1.807, 2.05) is 14.1 Å². The Morgan fingerprint density at radius 1 is 0.625 bits per heavy atom. The highest BCUT2D eigenvalue weighted by atomic mass is 15.2. The first-order chi connectivity index (χ1) is 7.41. The summed E-state index contributed by atoms with van der Waals surface area (Å²) in [4.78, 5) is 8.86. The molecule has 0 heterocycles. The zero-order valence-corrected chi connectivity index (χ0v) is 11.8. The van der Waals surface area contributed by atoms with Gasteiger partial charge in [-0.1, -0.05) is 0 Å². The summed E-state index contributed by atoms with van der Waals surface area (Å²) in [6, 6.07) is 0. The fourth-order valence-electron chi connectivity index (χ4n) is 1.15. The van der Waals surface area contributed by atoms with Crippen LogP contribution in [0.15, 0.2) is 12.4 Å². The molecule has 16 heavy (non-hydrogen) atoms. The summed E-state index contributed by atoms with van der Waals surface area (Å²) in [6.07, 6.45) is 4.28. The van der Waals surface area contributed by atoms with Crippen LogP contribution in [0.2, 0.25) is 0 Å². The maximum Gasteiger partial charge on any atom is 0.0301 e. The first-order valence-corrected chi connectivity index (χ1v) is 5.80. The van der Waals surface area contributed by atoms with E-state index in [0.29, 0.717) is 0 Å². The quantitative estimate of drug-likeness (QED) is 0.598. The Kier molecular flexibility index (Phi) is 8.03. The summed E-state index contributed by atoms with van der Waals surface area (Å²) in [5.41, 5.74) is 0. The van der Waals surface area contributed by atoms with Crippen LogP contribution in [0, 0.1) is 0 Å². The topological polar surface area (TPSA) is 13.0 Å². The van der Waals surface area contributed by atoms with E-state index in [1.165, 1.54) is 0 Å². The minimum absolute atomic E-state index is 1.07. The zero-order valence-electron chi connectivity index (χ0n) is 11.8. The molecular weight excluding hydrogens is 200 g/mol. The summed E-state index contributed by atoms with van der Waals surface area (Å²) in [6.45, 7) is 4.33. The maximum atomic E-state index is 2.36. The summed E-state index contributed by atoms with van der Waals surface area (Å²) < 4.78 is 0. The van der Waals surface area contributed by atoms with Crippen LogP contribution in [0.4, 0.5) is 0 Å². The van der Waals surface area contributed by atoms with Crippen molar-refractivity contribution in [3.63, 3.8) is 0 Å². The van der Waals surface area contributed by atoms with E-state index in [1.54, 1.807) is 0 Å². The van der Waals surface area contributed by atoms with Crippen molar-refractivity contribution in [2.45, 2.75) is 0 Å². The fourth-order valence-corrected chi connectivity index (χ4v) is 1.15. The van der Waals surface area contributed by atoms with E-state index >= 15 is 0 Å². The number of rotatable bonds is 8. The summed E-state index contributed by atoms with van der Waals surface area (Å²) in [7, 11) is 12.5. The van der Waals surface area contributed by atoms with Crippen molar-refractivity contribution in [3.05, 3.63) is 12.4 Å². The van der Waals surface area contributed by atoms with Crippen molar-refractivity contribution in [2.24, 2.45) is 0 Å². The highest BCUT2D eigenvalue weighted by molar-refractivity contribution is 4.81. The lowest BCUT2D eigenvalue weighted by Crippen LogP contribution is -2.33. The van der Waals surface area contributed by atoms with E-state index in [-0.39, 0.29) is 0 Å². The minimum Gasteiger partial charge on any atom is -0.382 e. The monoisotopic (exact) mass is 228 g/mol. The summed E-state index contributed by atoms with van der Waals surface area (Å²) >= 11 is 0. The number of hydrogen-bond acceptors (Lipinski definition) is 4.